The summed E-state index contributed by atoms with van der Waals surface area (Å²) in [6.45, 7) is 4.16. The Morgan fingerprint density at radius 1 is 0.796 bits per heavy atom. The summed E-state index contributed by atoms with van der Waals surface area (Å²) in [5, 5.41) is 3.36. The fourth-order valence-corrected chi connectivity index (χ4v) is 5.97. The van der Waals surface area contributed by atoms with Crippen molar-refractivity contribution in [3.8, 4) is 28.7 Å². The molecule has 1 saturated heterocycles. The molecule has 0 saturated carbocycles. The molecule has 0 unspecified atom stereocenters. The van der Waals surface area contributed by atoms with Gasteiger partial charge < -0.3 is 38.5 Å². The molecule has 0 amide bonds. The Kier molecular flexibility index (Phi) is 8.67. The third-order valence-corrected chi connectivity index (χ3v) is 8.51. The van der Waals surface area contributed by atoms with E-state index < -0.39 is 11.7 Å². The largest absolute Gasteiger partial charge is 0.493 e. The molecule has 4 heterocycles. The fraction of sp³-hybridized carbons (Fsp3) is 0.324. The molecule has 12 nitrogen and oxygen atoms in total. The third-order valence-electron chi connectivity index (χ3n) is 8.51. The van der Waals surface area contributed by atoms with E-state index in [2.05, 4.69) is 26.2 Å². The maximum Gasteiger partial charge on any atom is 0.416 e. The fourth-order valence-electron chi connectivity index (χ4n) is 5.97. The number of hydrogen-bond acceptors (Lipinski definition) is 11. The highest BCUT2D eigenvalue weighted by atomic mass is 19.4. The van der Waals surface area contributed by atoms with Crippen LogP contribution >= 0.6 is 0 Å². The molecule has 0 aliphatic carbocycles. The Morgan fingerprint density at radius 3 is 2.16 bits per heavy atom. The van der Waals surface area contributed by atoms with Crippen molar-refractivity contribution in [3.63, 3.8) is 0 Å². The lowest BCUT2D eigenvalue weighted by Crippen LogP contribution is -2.46. The molecular weight excluding hydrogens is 643 g/mol. The van der Waals surface area contributed by atoms with E-state index in [0.717, 1.165) is 48.8 Å². The van der Waals surface area contributed by atoms with Crippen LogP contribution in [0.3, 0.4) is 0 Å². The van der Waals surface area contributed by atoms with Gasteiger partial charge >= 0.3 is 6.18 Å². The van der Waals surface area contributed by atoms with Crippen LogP contribution in [-0.2, 0) is 19.3 Å². The van der Waals surface area contributed by atoms with Crippen molar-refractivity contribution in [2.24, 2.45) is 0 Å². The minimum Gasteiger partial charge on any atom is -0.493 e. The van der Waals surface area contributed by atoms with Crippen molar-refractivity contribution in [2.75, 3.05) is 64.5 Å². The van der Waals surface area contributed by atoms with Gasteiger partial charge in [-0.2, -0.15) is 23.1 Å². The predicted octanol–water partition coefficient (Wildman–Crippen LogP) is 5.71. The number of anilines is 3. The molecule has 1 N–H and O–H groups in total. The zero-order valence-corrected chi connectivity index (χ0v) is 27.1. The van der Waals surface area contributed by atoms with E-state index in [1.807, 2.05) is 12.1 Å². The summed E-state index contributed by atoms with van der Waals surface area (Å²) in [4.78, 5) is 18.9. The zero-order valence-electron chi connectivity index (χ0n) is 27.1. The maximum atomic E-state index is 13.2. The van der Waals surface area contributed by atoms with Gasteiger partial charge in [0.25, 0.3) is 0 Å². The summed E-state index contributed by atoms with van der Waals surface area (Å²) in [6.07, 6.45) is -2.80. The van der Waals surface area contributed by atoms with Gasteiger partial charge in [0.05, 0.1) is 39.8 Å². The molecule has 0 radical (unpaired) electrons. The van der Waals surface area contributed by atoms with E-state index in [1.54, 1.807) is 23.0 Å². The summed E-state index contributed by atoms with van der Waals surface area (Å²) in [6, 6.07) is 14.6. The number of nitrogens with one attached hydrogen (secondary N) is 1. The van der Waals surface area contributed by atoms with E-state index in [4.69, 9.17) is 33.7 Å². The predicted molar refractivity (Wildman–Crippen MR) is 175 cm³/mol. The van der Waals surface area contributed by atoms with Gasteiger partial charge in [0.15, 0.2) is 40.0 Å². The monoisotopic (exact) mass is 677 g/mol. The average molecular weight is 678 g/mol. The molecule has 5 aromatic rings. The number of imidazole rings is 1. The Labute approximate surface area is 279 Å². The number of alkyl halides is 3. The lowest BCUT2D eigenvalue weighted by atomic mass is 10.1. The average Bonchev–Trinajstić information content (AvgIpc) is 3.75. The molecule has 3 aromatic carbocycles. The minimum absolute atomic E-state index is 0.238. The Morgan fingerprint density at radius 2 is 1.49 bits per heavy atom. The summed E-state index contributed by atoms with van der Waals surface area (Å²) in [7, 11) is 4.61. The number of piperazine rings is 1. The highest BCUT2D eigenvalue weighted by molar-refractivity contribution is 5.87. The molecule has 49 heavy (non-hydrogen) atoms. The lowest BCUT2D eigenvalue weighted by Gasteiger charge is -2.34. The second-order valence-corrected chi connectivity index (χ2v) is 11.6. The summed E-state index contributed by atoms with van der Waals surface area (Å²) in [5.74, 6) is 3.83. The van der Waals surface area contributed by atoms with Crippen molar-refractivity contribution in [1.29, 1.82) is 0 Å². The number of aromatic nitrogens is 4. The Bertz CT molecular complexity index is 1940. The minimum atomic E-state index is -4.41. The van der Waals surface area contributed by atoms with Crippen molar-refractivity contribution in [1.82, 2.24) is 24.4 Å². The summed E-state index contributed by atoms with van der Waals surface area (Å²) >= 11 is 0. The van der Waals surface area contributed by atoms with Crippen molar-refractivity contribution >= 4 is 28.6 Å². The molecule has 0 bridgehead atoms. The standard InChI is InChI=1S/C34H34F3N7O5/c1-45-27-15-24(16-28(46-2)30(27)47-3)39-31-29-32(44(19-38-29)18-21-4-7-23(8-5-21)34(35,36)37)41-33(40-31)43-12-10-42(11-13-43)17-22-6-9-25-26(14-22)49-20-48-25/h4-9,14-16,19H,10-13,17-18,20H2,1-3H3,(H,39,40,41). The first kappa shape index (κ1) is 32.1. The molecule has 2 aliphatic heterocycles. The number of ether oxygens (including phenoxy) is 5. The first-order valence-electron chi connectivity index (χ1n) is 15.5. The van der Waals surface area contributed by atoms with Gasteiger partial charge in [-0.05, 0) is 35.4 Å². The van der Waals surface area contributed by atoms with Gasteiger partial charge in [-0.3, -0.25) is 4.90 Å². The number of halogens is 3. The van der Waals surface area contributed by atoms with Gasteiger partial charge in [-0.15, -0.1) is 0 Å². The van der Waals surface area contributed by atoms with Gasteiger partial charge in [0.2, 0.25) is 18.5 Å². The Balaban J connectivity index is 1.18. The topological polar surface area (TPSA) is 108 Å². The normalized spacial score (nSPS) is 14.7. The molecular formula is C34H34F3N7O5. The maximum absolute atomic E-state index is 13.2. The van der Waals surface area contributed by atoms with E-state index in [9.17, 15) is 13.2 Å². The van der Waals surface area contributed by atoms with Crippen molar-refractivity contribution in [2.45, 2.75) is 19.3 Å². The molecule has 7 rings (SSSR count). The summed E-state index contributed by atoms with van der Waals surface area (Å²) in [5.41, 5.74) is 2.74. The lowest BCUT2D eigenvalue weighted by molar-refractivity contribution is -0.137. The molecule has 2 aromatic heterocycles. The van der Waals surface area contributed by atoms with Gasteiger partial charge in [0.1, 0.15) is 0 Å². The first-order valence-corrected chi connectivity index (χ1v) is 15.5. The summed E-state index contributed by atoms with van der Waals surface area (Å²) < 4.78 is 68.9. The zero-order chi connectivity index (χ0) is 34.1. The van der Waals surface area contributed by atoms with Crippen molar-refractivity contribution in [3.05, 3.63) is 77.6 Å². The van der Waals surface area contributed by atoms with Gasteiger partial charge in [-0.1, -0.05) is 18.2 Å². The van der Waals surface area contributed by atoms with Crippen LogP contribution in [0.1, 0.15) is 16.7 Å². The second kappa shape index (κ2) is 13.2. The van der Waals surface area contributed by atoms with Crippen LogP contribution in [0.25, 0.3) is 11.2 Å². The molecule has 0 spiro atoms. The van der Waals surface area contributed by atoms with Crippen molar-refractivity contribution < 1.29 is 36.9 Å². The quantitative estimate of drug-likeness (QED) is 0.196. The molecule has 1 fully saturated rings. The molecule has 2 aliphatic rings. The van der Waals surface area contributed by atoms with Crippen LogP contribution in [0.15, 0.2) is 60.9 Å². The SMILES string of the molecule is COc1cc(Nc2nc(N3CCN(Cc4ccc5c(c4)OCO5)CC3)nc3c2ncn3Cc2ccc(C(F)(F)F)cc2)cc(OC)c1OC. The smallest absolute Gasteiger partial charge is 0.416 e. The van der Waals surface area contributed by atoms with E-state index in [1.165, 1.54) is 33.5 Å². The number of fused-ring (bicyclic) bond motifs is 2. The third kappa shape index (κ3) is 6.66. The second-order valence-electron chi connectivity index (χ2n) is 11.6. The van der Waals surface area contributed by atoms with Crippen LogP contribution in [-0.4, -0.2) is 78.7 Å². The van der Waals surface area contributed by atoms with Crippen LogP contribution in [0.2, 0.25) is 0 Å². The number of rotatable bonds is 10. The van der Waals surface area contributed by atoms with Crippen LogP contribution in [0, 0.1) is 0 Å². The van der Waals surface area contributed by atoms with E-state index in [-0.39, 0.29) is 13.3 Å². The number of nitrogens with zero attached hydrogens (tertiary/aromatic N) is 6. The highest BCUT2D eigenvalue weighted by Crippen LogP contribution is 2.41. The van der Waals surface area contributed by atoms with E-state index >= 15 is 0 Å². The van der Waals surface area contributed by atoms with Gasteiger partial charge in [-0.25, -0.2) is 4.98 Å². The number of hydrogen-bond donors (Lipinski definition) is 1. The van der Waals surface area contributed by atoms with E-state index in [0.29, 0.717) is 64.5 Å². The van der Waals surface area contributed by atoms with Gasteiger partial charge in [0, 0.05) is 50.5 Å². The molecule has 0 atom stereocenters. The number of benzene rings is 3. The van der Waals surface area contributed by atoms with Crippen LogP contribution in [0.4, 0.5) is 30.6 Å². The molecule has 15 heteroatoms. The first-order chi connectivity index (χ1) is 23.7. The van der Waals surface area contributed by atoms with Crippen LogP contribution < -0.4 is 33.9 Å². The number of methoxy groups -OCH3 is 3. The van der Waals surface area contributed by atoms with Crippen LogP contribution in [0.5, 0.6) is 28.7 Å². The molecule has 256 valence electrons. The highest BCUT2D eigenvalue weighted by Gasteiger charge is 2.30. The Hall–Kier alpha value is -5.44.